The molecule has 0 rings (SSSR count). The van der Waals surface area contributed by atoms with Gasteiger partial charge in [0, 0.05) is 5.25 Å². The lowest BCUT2D eigenvalue weighted by atomic mass is 10.3. The van der Waals surface area contributed by atoms with Gasteiger partial charge in [-0.25, -0.2) is 0 Å². The second-order valence-corrected chi connectivity index (χ2v) is 4.12. The number of hydrogen-bond donors (Lipinski definition) is 0. The lowest BCUT2D eigenvalue weighted by molar-refractivity contribution is 0.400. The van der Waals surface area contributed by atoms with Crippen molar-refractivity contribution in [1.29, 1.82) is 0 Å². The largest absolute Gasteiger partial charge is 0.309 e. The standard InChI is InChI=1S/C9H17NS/c1-5-8-11-9(2)6-7-10(3)4/h9H,6-7H2,1-4H3. The summed E-state index contributed by atoms with van der Waals surface area (Å²) in [6.07, 6.45) is 1.21. The fourth-order valence-corrected chi connectivity index (χ4v) is 1.20. The molecule has 0 amide bonds. The molecule has 0 aromatic heterocycles. The molecular formula is C9H17NS. The van der Waals surface area contributed by atoms with Crippen LogP contribution in [0.15, 0.2) is 0 Å². The molecule has 0 bridgehead atoms. The first kappa shape index (κ1) is 10.9. The number of nitrogens with zero attached hydrogens (tertiary/aromatic N) is 1. The van der Waals surface area contributed by atoms with E-state index in [1.54, 1.807) is 11.8 Å². The van der Waals surface area contributed by atoms with Crippen LogP contribution >= 0.6 is 11.8 Å². The first-order valence-corrected chi connectivity index (χ1v) is 4.77. The van der Waals surface area contributed by atoms with Gasteiger partial charge in [-0.3, -0.25) is 0 Å². The minimum Gasteiger partial charge on any atom is -0.309 e. The van der Waals surface area contributed by atoms with Crippen LogP contribution in [-0.2, 0) is 0 Å². The van der Waals surface area contributed by atoms with Crippen LogP contribution in [0.1, 0.15) is 20.3 Å². The summed E-state index contributed by atoms with van der Waals surface area (Å²) in [5.74, 6) is 2.89. The average Bonchev–Trinajstić information content (AvgIpc) is 1.97. The van der Waals surface area contributed by atoms with Crippen molar-refractivity contribution >= 4 is 11.8 Å². The molecule has 1 nitrogen and oxygen atoms in total. The van der Waals surface area contributed by atoms with Crippen LogP contribution in [0.5, 0.6) is 0 Å². The molecule has 0 aliphatic rings. The summed E-state index contributed by atoms with van der Waals surface area (Å²) >= 11 is 1.73. The van der Waals surface area contributed by atoms with E-state index < -0.39 is 0 Å². The van der Waals surface area contributed by atoms with Gasteiger partial charge in [0.25, 0.3) is 0 Å². The Morgan fingerprint density at radius 3 is 2.55 bits per heavy atom. The quantitative estimate of drug-likeness (QED) is 0.596. The van der Waals surface area contributed by atoms with Crippen molar-refractivity contribution < 1.29 is 0 Å². The lowest BCUT2D eigenvalue weighted by Crippen LogP contribution is -2.16. The summed E-state index contributed by atoms with van der Waals surface area (Å²) in [5.41, 5.74) is 0. The molecule has 2 heteroatoms. The highest BCUT2D eigenvalue weighted by atomic mass is 32.2. The van der Waals surface area contributed by atoms with E-state index in [-0.39, 0.29) is 0 Å². The summed E-state index contributed by atoms with van der Waals surface area (Å²) in [6.45, 7) is 5.25. The topological polar surface area (TPSA) is 3.24 Å². The maximum Gasteiger partial charge on any atom is 0.0155 e. The molecule has 0 aliphatic carbocycles. The summed E-state index contributed by atoms with van der Waals surface area (Å²) in [7, 11) is 4.20. The highest BCUT2D eigenvalue weighted by Gasteiger charge is 2.00. The van der Waals surface area contributed by atoms with Crippen molar-refractivity contribution in [3.8, 4) is 11.2 Å². The van der Waals surface area contributed by atoms with Crippen LogP contribution in [0.3, 0.4) is 0 Å². The van der Waals surface area contributed by atoms with E-state index >= 15 is 0 Å². The molecule has 0 spiro atoms. The second-order valence-electron chi connectivity index (χ2n) is 2.87. The molecule has 0 aliphatic heterocycles. The molecule has 0 saturated carbocycles. The SMILES string of the molecule is CC#CSC(C)CCN(C)C. The Bertz CT molecular complexity index is 143. The fourth-order valence-electron chi connectivity index (χ4n) is 0.658. The highest BCUT2D eigenvalue weighted by molar-refractivity contribution is 8.04. The minimum atomic E-state index is 0.657. The van der Waals surface area contributed by atoms with Crippen LogP contribution in [0, 0.1) is 11.2 Å². The summed E-state index contributed by atoms with van der Waals surface area (Å²) < 4.78 is 0. The van der Waals surface area contributed by atoms with Crippen molar-refractivity contribution in [2.75, 3.05) is 20.6 Å². The normalized spacial score (nSPS) is 12.5. The fraction of sp³-hybridized carbons (Fsp3) is 0.778. The van der Waals surface area contributed by atoms with Crippen LogP contribution in [-0.4, -0.2) is 30.8 Å². The van der Waals surface area contributed by atoms with Gasteiger partial charge >= 0.3 is 0 Å². The maximum atomic E-state index is 3.02. The van der Waals surface area contributed by atoms with Gasteiger partial charge in [-0.1, -0.05) is 24.6 Å². The Morgan fingerprint density at radius 1 is 1.45 bits per heavy atom. The summed E-state index contributed by atoms with van der Waals surface area (Å²) in [5, 5.41) is 3.68. The van der Waals surface area contributed by atoms with Gasteiger partial charge in [-0.2, -0.15) is 0 Å². The Labute approximate surface area is 74.5 Å². The first-order valence-electron chi connectivity index (χ1n) is 3.89. The van der Waals surface area contributed by atoms with E-state index in [4.69, 9.17) is 0 Å². The number of hydrogen-bond acceptors (Lipinski definition) is 2. The smallest absolute Gasteiger partial charge is 0.0155 e. The molecule has 64 valence electrons. The van der Waals surface area contributed by atoms with E-state index in [1.807, 2.05) is 6.92 Å². The van der Waals surface area contributed by atoms with Gasteiger partial charge < -0.3 is 4.90 Å². The van der Waals surface area contributed by atoms with Crippen molar-refractivity contribution in [3.63, 3.8) is 0 Å². The van der Waals surface area contributed by atoms with Crippen molar-refractivity contribution in [2.45, 2.75) is 25.5 Å². The Hall–Kier alpha value is -0.130. The van der Waals surface area contributed by atoms with Gasteiger partial charge in [0.05, 0.1) is 0 Å². The van der Waals surface area contributed by atoms with E-state index in [0.717, 1.165) is 6.54 Å². The Balaban J connectivity index is 3.34. The predicted molar refractivity (Wildman–Crippen MR) is 53.7 cm³/mol. The maximum absolute atomic E-state index is 3.02. The Kier molecular flexibility index (Phi) is 6.49. The molecule has 1 atom stereocenters. The molecule has 0 aromatic carbocycles. The third-order valence-electron chi connectivity index (χ3n) is 1.35. The molecule has 0 aromatic rings. The van der Waals surface area contributed by atoms with Gasteiger partial charge in [0.15, 0.2) is 0 Å². The van der Waals surface area contributed by atoms with Crippen molar-refractivity contribution in [3.05, 3.63) is 0 Å². The van der Waals surface area contributed by atoms with Crippen LogP contribution in [0.25, 0.3) is 0 Å². The van der Waals surface area contributed by atoms with Crippen molar-refractivity contribution in [1.82, 2.24) is 4.90 Å². The van der Waals surface area contributed by atoms with Crippen LogP contribution in [0.2, 0.25) is 0 Å². The molecule has 0 N–H and O–H groups in total. The average molecular weight is 171 g/mol. The molecule has 0 saturated heterocycles. The van der Waals surface area contributed by atoms with Gasteiger partial charge in [-0.05, 0) is 39.2 Å². The number of rotatable bonds is 4. The zero-order chi connectivity index (χ0) is 8.69. The van der Waals surface area contributed by atoms with E-state index in [9.17, 15) is 0 Å². The van der Waals surface area contributed by atoms with Gasteiger partial charge in [-0.15, -0.1) is 0 Å². The molecule has 0 heterocycles. The monoisotopic (exact) mass is 171 g/mol. The highest BCUT2D eigenvalue weighted by Crippen LogP contribution is 2.11. The second kappa shape index (κ2) is 6.57. The molecule has 1 unspecified atom stereocenters. The Morgan fingerprint density at radius 2 is 2.09 bits per heavy atom. The third kappa shape index (κ3) is 7.77. The van der Waals surface area contributed by atoms with Gasteiger partial charge in [0.1, 0.15) is 0 Å². The summed E-state index contributed by atoms with van der Waals surface area (Å²) in [6, 6.07) is 0. The zero-order valence-electron chi connectivity index (χ0n) is 7.85. The van der Waals surface area contributed by atoms with Gasteiger partial charge in [0.2, 0.25) is 0 Å². The lowest BCUT2D eigenvalue weighted by Gasteiger charge is -2.11. The van der Waals surface area contributed by atoms with Crippen LogP contribution in [0.4, 0.5) is 0 Å². The first-order chi connectivity index (χ1) is 5.16. The summed E-state index contributed by atoms with van der Waals surface area (Å²) in [4.78, 5) is 2.20. The third-order valence-corrected chi connectivity index (χ3v) is 2.31. The molecule has 11 heavy (non-hydrogen) atoms. The zero-order valence-corrected chi connectivity index (χ0v) is 8.66. The van der Waals surface area contributed by atoms with E-state index in [1.165, 1.54) is 6.42 Å². The molecule has 0 fully saturated rings. The van der Waals surface area contributed by atoms with Crippen molar-refractivity contribution in [2.24, 2.45) is 0 Å². The molecular weight excluding hydrogens is 154 g/mol. The van der Waals surface area contributed by atoms with E-state index in [2.05, 4.69) is 37.1 Å². The van der Waals surface area contributed by atoms with Crippen LogP contribution < -0.4 is 0 Å². The van der Waals surface area contributed by atoms with E-state index in [0.29, 0.717) is 5.25 Å². The predicted octanol–water partition coefficient (Wildman–Crippen LogP) is 2.04. The minimum absolute atomic E-state index is 0.657. The number of thioether (sulfide) groups is 1. The molecule has 0 radical (unpaired) electrons.